The van der Waals surface area contributed by atoms with Gasteiger partial charge < -0.3 is 14.6 Å². The molecule has 0 unspecified atom stereocenters. The fourth-order valence-electron chi connectivity index (χ4n) is 4.15. The number of likely N-dealkylation sites (tertiary alicyclic amines) is 1. The van der Waals surface area contributed by atoms with E-state index in [1.54, 1.807) is 7.11 Å². The standard InChI is InChI=1S/C22H28N4O4S/c1-4-17-23-22-26(24-17)20(27)19(31-22)18(14-8-6-10-16(12-14)29-3)25-11-7-9-15(13-25)21(28)30-5-2/h6,8,10,12,15,18,27H,4-5,7,9,11,13H2,1-3H3/t15-,18-/m1/s1. The lowest BCUT2D eigenvalue weighted by Crippen LogP contribution is -2.41. The molecular formula is C22H28N4O4S. The van der Waals surface area contributed by atoms with Crippen LogP contribution in [0.15, 0.2) is 24.3 Å². The summed E-state index contributed by atoms with van der Waals surface area (Å²) in [7, 11) is 1.64. The van der Waals surface area contributed by atoms with Gasteiger partial charge in [0.1, 0.15) is 5.75 Å². The predicted molar refractivity (Wildman–Crippen MR) is 118 cm³/mol. The van der Waals surface area contributed by atoms with Crippen LogP contribution in [0, 0.1) is 5.92 Å². The van der Waals surface area contributed by atoms with Gasteiger partial charge in [0.2, 0.25) is 10.8 Å². The highest BCUT2D eigenvalue weighted by atomic mass is 32.1. The summed E-state index contributed by atoms with van der Waals surface area (Å²) in [6.45, 7) is 5.57. The molecule has 0 aliphatic carbocycles. The summed E-state index contributed by atoms with van der Waals surface area (Å²) in [5, 5.41) is 15.5. The minimum absolute atomic E-state index is 0.0956. The van der Waals surface area contributed by atoms with Crippen LogP contribution in [0.2, 0.25) is 0 Å². The Balaban J connectivity index is 1.76. The van der Waals surface area contributed by atoms with Gasteiger partial charge in [-0.15, -0.1) is 5.10 Å². The van der Waals surface area contributed by atoms with E-state index in [9.17, 15) is 9.90 Å². The van der Waals surface area contributed by atoms with Crippen molar-refractivity contribution in [2.24, 2.45) is 5.92 Å². The highest BCUT2D eigenvalue weighted by Crippen LogP contribution is 2.42. The van der Waals surface area contributed by atoms with Gasteiger partial charge in [-0.3, -0.25) is 9.69 Å². The van der Waals surface area contributed by atoms with Gasteiger partial charge in [0.15, 0.2) is 5.82 Å². The average molecular weight is 445 g/mol. The number of carbonyl (C=O) groups excluding carboxylic acids is 1. The Morgan fingerprint density at radius 2 is 2.23 bits per heavy atom. The lowest BCUT2D eigenvalue weighted by atomic mass is 9.94. The molecule has 9 heteroatoms. The average Bonchev–Trinajstić information content (AvgIpc) is 3.33. The Labute approximate surface area is 185 Å². The maximum atomic E-state index is 12.4. The molecule has 3 heterocycles. The van der Waals surface area contributed by atoms with Gasteiger partial charge >= 0.3 is 5.97 Å². The van der Waals surface area contributed by atoms with Gasteiger partial charge in [0.05, 0.1) is 30.6 Å². The first kappa shape index (κ1) is 21.6. The van der Waals surface area contributed by atoms with Gasteiger partial charge in [-0.1, -0.05) is 30.4 Å². The summed E-state index contributed by atoms with van der Waals surface area (Å²) in [5.74, 6) is 1.20. The van der Waals surface area contributed by atoms with Crippen molar-refractivity contribution in [3.8, 4) is 11.6 Å². The van der Waals surface area contributed by atoms with Crippen molar-refractivity contribution in [2.45, 2.75) is 39.2 Å². The Bertz CT molecular complexity index is 1060. The summed E-state index contributed by atoms with van der Waals surface area (Å²) in [6, 6.07) is 7.59. The van der Waals surface area contributed by atoms with Crippen molar-refractivity contribution in [1.29, 1.82) is 0 Å². The SMILES string of the molecule is CCOC(=O)[C@@H]1CCCN([C@H](c2cccc(OC)c2)c2sc3nc(CC)nn3c2O)C1. The third-order valence-electron chi connectivity index (χ3n) is 5.66. The van der Waals surface area contributed by atoms with E-state index in [0.29, 0.717) is 30.4 Å². The molecule has 8 nitrogen and oxygen atoms in total. The number of piperidine rings is 1. The van der Waals surface area contributed by atoms with E-state index >= 15 is 0 Å². The summed E-state index contributed by atoms with van der Waals surface area (Å²) < 4.78 is 12.2. The second kappa shape index (κ2) is 9.23. The number of hydrogen-bond acceptors (Lipinski definition) is 8. The molecule has 0 spiro atoms. The second-order valence-corrected chi connectivity index (χ2v) is 8.64. The van der Waals surface area contributed by atoms with Crippen LogP contribution in [0.1, 0.15) is 49.0 Å². The molecule has 1 aliphatic heterocycles. The highest BCUT2D eigenvalue weighted by molar-refractivity contribution is 7.17. The van der Waals surface area contributed by atoms with E-state index in [2.05, 4.69) is 15.0 Å². The van der Waals surface area contributed by atoms with Crippen molar-refractivity contribution >= 4 is 22.3 Å². The van der Waals surface area contributed by atoms with Crippen LogP contribution in [0.4, 0.5) is 0 Å². The Kier molecular flexibility index (Phi) is 6.43. The fraction of sp³-hybridized carbons (Fsp3) is 0.500. The van der Waals surface area contributed by atoms with Gasteiger partial charge in [-0.25, -0.2) is 4.98 Å². The maximum absolute atomic E-state index is 12.4. The molecule has 2 atom stereocenters. The molecule has 0 amide bonds. The number of hydrogen-bond donors (Lipinski definition) is 1. The Hall–Kier alpha value is -2.65. The summed E-state index contributed by atoms with van der Waals surface area (Å²) in [6.07, 6.45) is 2.39. The number of aromatic hydroxyl groups is 1. The fourth-order valence-corrected chi connectivity index (χ4v) is 5.29. The number of rotatable bonds is 7. The molecule has 1 fully saturated rings. The smallest absolute Gasteiger partial charge is 0.310 e. The van der Waals surface area contributed by atoms with Crippen LogP contribution in [-0.2, 0) is 16.0 Å². The van der Waals surface area contributed by atoms with Gasteiger partial charge in [-0.05, 0) is 44.0 Å². The first-order chi connectivity index (χ1) is 15.0. The summed E-state index contributed by atoms with van der Waals surface area (Å²) in [4.78, 5) is 20.6. The monoisotopic (exact) mass is 444 g/mol. The quantitative estimate of drug-likeness (QED) is 0.559. The number of benzene rings is 1. The molecular weight excluding hydrogens is 416 g/mol. The van der Waals surface area contributed by atoms with Crippen molar-refractivity contribution in [2.75, 3.05) is 26.8 Å². The first-order valence-electron chi connectivity index (χ1n) is 10.7. The van der Waals surface area contributed by atoms with Crippen LogP contribution in [-0.4, -0.2) is 57.4 Å². The van der Waals surface area contributed by atoms with Gasteiger partial charge in [0, 0.05) is 13.0 Å². The molecule has 1 N–H and O–H groups in total. The number of fused-ring (bicyclic) bond motifs is 1. The molecule has 2 aromatic heterocycles. The third kappa shape index (κ3) is 4.24. The van der Waals surface area contributed by atoms with Crippen molar-refractivity contribution in [1.82, 2.24) is 19.5 Å². The minimum Gasteiger partial charge on any atom is -0.497 e. The van der Waals surface area contributed by atoms with E-state index < -0.39 is 0 Å². The van der Waals surface area contributed by atoms with E-state index in [0.717, 1.165) is 35.6 Å². The number of esters is 1. The van der Waals surface area contributed by atoms with Crippen molar-refractivity contribution < 1.29 is 19.4 Å². The number of ether oxygens (including phenoxy) is 2. The van der Waals surface area contributed by atoms with E-state index in [1.165, 1.54) is 15.9 Å². The van der Waals surface area contributed by atoms with Crippen LogP contribution in [0.25, 0.3) is 4.96 Å². The number of carbonyl (C=O) groups is 1. The van der Waals surface area contributed by atoms with Crippen molar-refractivity contribution in [3.05, 3.63) is 40.5 Å². The lowest BCUT2D eigenvalue weighted by molar-refractivity contribution is -0.150. The Morgan fingerprint density at radius 1 is 1.39 bits per heavy atom. The molecule has 4 rings (SSSR count). The molecule has 3 aromatic rings. The Morgan fingerprint density at radius 3 is 2.94 bits per heavy atom. The second-order valence-electron chi connectivity index (χ2n) is 7.63. The summed E-state index contributed by atoms with van der Waals surface area (Å²) >= 11 is 1.43. The number of aromatic nitrogens is 3. The minimum atomic E-state index is -0.245. The molecule has 31 heavy (non-hydrogen) atoms. The third-order valence-corrected chi connectivity index (χ3v) is 6.73. The molecule has 0 saturated carbocycles. The molecule has 1 aromatic carbocycles. The van der Waals surface area contributed by atoms with Crippen LogP contribution < -0.4 is 4.74 Å². The zero-order valence-electron chi connectivity index (χ0n) is 18.1. The van der Waals surface area contributed by atoms with E-state index in [-0.39, 0.29) is 23.8 Å². The molecule has 0 radical (unpaired) electrons. The highest BCUT2D eigenvalue weighted by Gasteiger charge is 2.35. The number of aryl methyl sites for hydroxylation is 1. The maximum Gasteiger partial charge on any atom is 0.310 e. The largest absolute Gasteiger partial charge is 0.497 e. The van der Waals surface area contributed by atoms with Crippen molar-refractivity contribution in [3.63, 3.8) is 0 Å². The molecule has 1 aliphatic rings. The molecule has 166 valence electrons. The van der Waals surface area contributed by atoms with Gasteiger partial charge in [0.25, 0.3) is 0 Å². The number of nitrogens with zero attached hydrogens (tertiary/aromatic N) is 4. The van der Waals surface area contributed by atoms with E-state index in [1.807, 2.05) is 38.1 Å². The normalized spacial score (nSPS) is 18.2. The number of thiazole rings is 1. The van der Waals surface area contributed by atoms with Crippen LogP contribution in [0.5, 0.6) is 11.6 Å². The zero-order chi connectivity index (χ0) is 22.0. The zero-order valence-corrected chi connectivity index (χ0v) is 18.9. The van der Waals surface area contributed by atoms with E-state index in [4.69, 9.17) is 9.47 Å². The first-order valence-corrected chi connectivity index (χ1v) is 11.5. The topological polar surface area (TPSA) is 89.2 Å². The molecule has 0 bridgehead atoms. The predicted octanol–water partition coefficient (Wildman–Crippen LogP) is 3.43. The van der Waals surface area contributed by atoms with Crippen LogP contribution in [0.3, 0.4) is 0 Å². The summed E-state index contributed by atoms with van der Waals surface area (Å²) in [5.41, 5.74) is 0.986. The number of methoxy groups -OCH3 is 1. The molecule has 1 saturated heterocycles. The lowest BCUT2D eigenvalue weighted by Gasteiger charge is -2.37. The van der Waals surface area contributed by atoms with Crippen LogP contribution >= 0.6 is 11.3 Å². The van der Waals surface area contributed by atoms with Gasteiger partial charge in [-0.2, -0.15) is 4.52 Å².